The highest BCUT2D eigenvalue weighted by atomic mass is 32.2. The molecule has 2 aromatic carbocycles. The molecule has 35 heavy (non-hydrogen) atoms. The maximum atomic E-state index is 13.6. The number of benzene rings is 2. The largest absolute Gasteiger partial charge is 0.352 e. The van der Waals surface area contributed by atoms with Crippen LogP contribution in [0.2, 0.25) is 0 Å². The van der Waals surface area contributed by atoms with Crippen molar-refractivity contribution < 1.29 is 18.0 Å². The van der Waals surface area contributed by atoms with Gasteiger partial charge in [-0.05, 0) is 82.6 Å². The Kier molecular flexibility index (Phi) is 7.62. The second-order valence-electron chi connectivity index (χ2n) is 9.90. The fraction of sp³-hybridized carbons (Fsp3) is 0.481. The Hall–Kier alpha value is -2.71. The van der Waals surface area contributed by atoms with Crippen molar-refractivity contribution in [2.24, 2.45) is 0 Å². The number of sulfonamides is 1. The highest BCUT2D eigenvalue weighted by molar-refractivity contribution is 7.89. The number of rotatable bonds is 6. The molecule has 2 amide bonds. The monoisotopic (exact) mass is 497 g/mol. The third kappa shape index (κ3) is 5.59. The number of carbonyl (C=O) groups excluding carboxylic acids is 2. The molecule has 0 radical (unpaired) electrons. The van der Waals surface area contributed by atoms with Gasteiger partial charge in [-0.1, -0.05) is 35.9 Å². The molecule has 1 atom stereocenters. The maximum absolute atomic E-state index is 13.6. The van der Waals surface area contributed by atoms with Crippen LogP contribution in [-0.4, -0.2) is 49.2 Å². The molecule has 2 N–H and O–H groups in total. The van der Waals surface area contributed by atoms with Gasteiger partial charge in [0.05, 0.1) is 4.90 Å². The van der Waals surface area contributed by atoms with Crippen LogP contribution in [0.15, 0.2) is 47.4 Å². The lowest BCUT2D eigenvalue weighted by Gasteiger charge is -2.31. The summed E-state index contributed by atoms with van der Waals surface area (Å²) in [6, 6.07) is 12.3. The predicted octanol–water partition coefficient (Wildman–Crippen LogP) is 3.62. The molecule has 2 aromatic rings. The summed E-state index contributed by atoms with van der Waals surface area (Å²) in [7, 11) is -3.78. The summed E-state index contributed by atoms with van der Waals surface area (Å²) in [5, 5.41) is 6.19. The Morgan fingerprint density at radius 3 is 2.03 bits per heavy atom. The van der Waals surface area contributed by atoms with Gasteiger partial charge in [0, 0.05) is 24.2 Å². The maximum Gasteiger partial charge on any atom is 0.251 e. The number of carbonyl (C=O) groups is 2. The van der Waals surface area contributed by atoms with Gasteiger partial charge in [0.2, 0.25) is 15.9 Å². The first-order valence-corrected chi connectivity index (χ1v) is 13.9. The Labute approximate surface area is 208 Å². The van der Waals surface area contributed by atoms with Crippen molar-refractivity contribution >= 4 is 21.8 Å². The molecule has 7 nitrogen and oxygen atoms in total. The van der Waals surface area contributed by atoms with Crippen molar-refractivity contribution in [1.29, 1.82) is 0 Å². The third-order valence-electron chi connectivity index (χ3n) is 7.12. The molecule has 2 aliphatic rings. The van der Waals surface area contributed by atoms with Gasteiger partial charge in [-0.15, -0.1) is 0 Å². The van der Waals surface area contributed by atoms with E-state index in [0.717, 1.165) is 31.2 Å². The fourth-order valence-electron chi connectivity index (χ4n) is 5.52. The van der Waals surface area contributed by atoms with Gasteiger partial charge in [-0.3, -0.25) is 9.59 Å². The van der Waals surface area contributed by atoms with Crippen LogP contribution in [0.1, 0.15) is 65.6 Å². The van der Waals surface area contributed by atoms with Crippen LogP contribution < -0.4 is 10.6 Å². The first kappa shape index (κ1) is 25.4. The molecule has 0 bridgehead atoms. The van der Waals surface area contributed by atoms with E-state index in [0.29, 0.717) is 41.0 Å². The molecule has 1 aliphatic heterocycles. The topological polar surface area (TPSA) is 95.6 Å². The smallest absolute Gasteiger partial charge is 0.251 e. The van der Waals surface area contributed by atoms with Crippen LogP contribution >= 0.6 is 0 Å². The van der Waals surface area contributed by atoms with Crippen molar-refractivity contribution in [1.82, 2.24) is 14.9 Å². The summed E-state index contributed by atoms with van der Waals surface area (Å²) in [6.45, 7) is 5.93. The van der Waals surface area contributed by atoms with Gasteiger partial charge >= 0.3 is 0 Å². The third-order valence-corrected chi connectivity index (χ3v) is 9.34. The number of nitrogens with one attached hydrogen (secondary N) is 2. The minimum absolute atomic E-state index is 0.0135. The van der Waals surface area contributed by atoms with E-state index in [4.69, 9.17) is 0 Å². The van der Waals surface area contributed by atoms with E-state index >= 15 is 0 Å². The van der Waals surface area contributed by atoms with E-state index < -0.39 is 16.1 Å². The molecule has 4 rings (SSSR count). The zero-order chi connectivity index (χ0) is 25.2. The Morgan fingerprint density at radius 2 is 1.43 bits per heavy atom. The van der Waals surface area contributed by atoms with Gasteiger partial charge in [0.1, 0.15) is 6.04 Å². The van der Waals surface area contributed by atoms with Crippen LogP contribution in [0.3, 0.4) is 0 Å². The van der Waals surface area contributed by atoms with Gasteiger partial charge in [0.25, 0.3) is 5.91 Å². The number of nitrogens with zero attached hydrogens (tertiary/aromatic N) is 1. The van der Waals surface area contributed by atoms with Crippen molar-refractivity contribution in [2.45, 2.75) is 82.3 Å². The summed E-state index contributed by atoms with van der Waals surface area (Å²) in [5.74, 6) is -0.295. The highest BCUT2D eigenvalue weighted by Crippen LogP contribution is 2.31. The summed E-state index contributed by atoms with van der Waals surface area (Å²) >= 11 is 0. The average molecular weight is 498 g/mol. The predicted molar refractivity (Wildman–Crippen MR) is 136 cm³/mol. The summed E-state index contributed by atoms with van der Waals surface area (Å²) in [4.78, 5) is 25.9. The minimum Gasteiger partial charge on any atom is -0.352 e. The van der Waals surface area contributed by atoms with E-state index in [1.54, 1.807) is 12.1 Å². The lowest BCUT2D eigenvalue weighted by Crippen LogP contribution is -2.50. The molecule has 2 fully saturated rings. The zero-order valence-corrected chi connectivity index (χ0v) is 21.5. The lowest BCUT2D eigenvalue weighted by atomic mass is 9.90. The van der Waals surface area contributed by atoms with E-state index in [1.165, 1.54) is 4.31 Å². The molecule has 0 spiro atoms. The van der Waals surface area contributed by atoms with Crippen molar-refractivity contribution in [2.75, 3.05) is 6.54 Å². The second kappa shape index (κ2) is 10.5. The molecule has 1 saturated carbocycles. The van der Waals surface area contributed by atoms with Crippen LogP contribution in [-0.2, 0) is 14.8 Å². The molecule has 0 unspecified atom stereocenters. The van der Waals surface area contributed by atoms with Crippen LogP contribution in [0.25, 0.3) is 0 Å². The fourth-order valence-corrected chi connectivity index (χ4v) is 7.59. The van der Waals surface area contributed by atoms with Crippen molar-refractivity contribution in [3.05, 3.63) is 64.7 Å². The minimum atomic E-state index is -3.78. The van der Waals surface area contributed by atoms with Crippen molar-refractivity contribution in [3.8, 4) is 0 Å². The van der Waals surface area contributed by atoms with E-state index in [9.17, 15) is 18.0 Å². The lowest BCUT2D eigenvalue weighted by molar-refractivity contribution is -0.125. The Morgan fingerprint density at radius 1 is 0.857 bits per heavy atom. The standard InChI is InChI=1S/C27H35N3O4S/c1-18-16-19(2)25(20(3)17-18)35(33,34)30-15-7-10-24(30)27(32)29-23-13-11-22(12-14-23)28-26(31)21-8-5-4-6-9-21/h4-6,8-9,16-17,22-24H,7,10-15H2,1-3H3,(H,28,31)(H,29,32)/t22?,23?,24-/m0/s1. The number of hydrogen-bond donors (Lipinski definition) is 2. The van der Waals surface area contributed by atoms with Gasteiger partial charge in [-0.25, -0.2) is 8.42 Å². The molecule has 1 saturated heterocycles. The van der Waals surface area contributed by atoms with Gasteiger partial charge < -0.3 is 10.6 Å². The molecule has 1 heterocycles. The molecular formula is C27H35N3O4S. The second-order valence-corrected chi connectivity index (χ2v) is 11.7. The van der Waals surface area contributed by atoms with E-state index in [2.05, 4.69) is 10.6 Å². The summed E-state index contributed by atoms with van der Waals surface area (Å²) in [6.07, 6.45) is 4.25. The molecule has 8 heteroatoms. The first-order chi connectivity index (χ1) is 16.7. The highest BCUT2D eigenvalue weighted by Gasteiger charge is 2.41. The van der Waals surface area contributed by atoms with E-state index in [1.807, 2.05) is 51.1 Å². The molecule has 0 aromatic heterocycles. The zero-order valence-electron chi connectivity index (χ0n) is 20.7. The van der Waals surface area contributed by atoms with Gasteiger partial charge in [-0.2, -0.15) is 4.31 Å². The van der Waals surface area contributed by atoms with Crippen LogP contribution in [0, 0.1) is 20.8 Å². The normalized spacial score (nSPS) is 23.1. The number of amides is 2. The molecule has 188 valence electrons. The van der Waals surface area contributed by atoms with Crippen LogP contribution in [0.4, 0.5) is 0 Å². The Balaban J connectivity index is 1.36. The summed E-state index contributed by atoms with van der Waals surface area (Å²) < 4.78 is 28.5. The van der Waals surface area contributed by atoms with E-state index in [-0.39, 0.29) is 23.9 Å². The molecular weight excluding hydrogens is 462 g/mol. The quantitative estimate of drug-likeness (QED) is 0.637. The molecule has 1 aliphatic carbocycles. The first-order valence-electron chi connectivity index (χ1n) is 12.4. The Bertz CT molecular complexity index is 1170. The van der Waals surface area contributed by atoms with Crippen molar-refractivity contribution in [3.63, 3.8) is 0 Å². The summed E-state index contributed by atoms with van der Waals surface area (Å²) in [5.41, 5.74) is 3.09. The van der Waals surface area contributed by atoms with Crippen LogP contribution in [0.5, 0.6) is 0 Å². The number of hydrogen-bond acceptors (Lipinski definition) is 4. The number of aryl methyl sites for hydroxylation is 3. The average Bonchev–Trinajstić information content (AvgIpc) is 3.31. The van der Waals surface area contributed by atoms with Gasteiger partial charge in [0.15, 0.2) is 0 Å². The SMILES string of the molecule is Cc1cc(C)c(S(=O)(=O)N2CCC[C@H]2C(=O)NC2CCC(NC(=O)c3ccccc3)CC2)c(C)c1.